The molecule has 11 rings (SSSR count). The molecule has 0 fully saturated rings. The lowest BCUT2D eigenvalue weighted by Gasteiger charge is -2.26. The number of hydrogen-bond acceptors (Lipinski definition) is 1. The largest absolute Gasteiger partial charge is 0.310 e. The van der Waals surface area contributed by atoms with E-state index in [0.29, 0.717) is 0 Å². The summed E-state index contributed by atoms with van der Waals surface area (Å²) in [6, 6.07) is 71.4. The van der Waals surface area contributed by atoms with Crippen LogP contribution in [0.15, 0.2) is 194 Å². The number of nitrogens with zero attached hydrogens (tertiary/aromatic N) is 2. The highest BCUT2D eigenvalue weighted by molar-refractivity contribution is 6.17. The van der Waals surface area contributed by atoms with Gasteiger partial charge in [-0.3, -0.25) is 0 Å². The van der Waals surface area contributed by atoms with Crippen LogP contribution in [0.3, 0.4) is 0 Å². The van der Waals surface area contributed by atoms with Crippen LogP contribution in [0.4, 0.5) is 17.1 Å². The number of hydrogen-bond donors (Lipinski definition) is 0. The number of benzene rings is 9. The van der Waals surface area contributed by atoms with E-state index in [-0.39, 0.29) is 5.41 Å². The van der Waals surface area contributed by atoms with Crippen molar-refractivity contribution in [2.24, 2.45) is 0 Å². The third-order valence-corrected chi connectivity index (χ3v) is 11.9. The summed E-state index contributed by atoms with van der Waals surface area (Å²) in [4.78, 5) is 2.40. The van der Waals surface area contributed by atoms with Crippen LogP contribution in [0.1, 0.15) is 25.0 Å². The number of anilines is 3. The zero-order valence-corrected chi connectivity index (χ0v) is 30.9. The molecule has 0 N–H and O–H groups in total. The summed E-state index contributed by atoms with van der Waals surface area (Å²) in [6.07, 6.45) is 0. The Hall–Kier alpha value is -6.90. The summed E-state index contributed by atoms with van der Waals surface area (Å²) in [5, 5.41) is 7.49. The molecule has 10 aromatic rings. The molecule has 0 bridgehead atoms. The van der Waals surface area contributed by atoms with Crippen LogP contribution in [0.2, 0.25) is 0 Å². The van der Waals surface area contributed by atoms with Crippen LogP contribution in [-0.2, 0) is 5.41 Å². The molecular weight excluding hydrogens is 665 g/mol. The van der Waals surface area contributed by atoms with Crippen molar-refractivity contribution < 1.29 is 0 Å². The smallest absolute Gasteiger partial charge is 0.0547 e. The fourth-order valence-corrected chi connectivity index (χ4v) is 9.22. The van der Waals surface area contributed by atoms with E-state index in [1.165, 1.54) is 76.7 Å². The van der Waals surface area contributed by atoms with Gasteiger partial charge in [0, 0.05) is 38.9 Å². The van der Waals surface area contributed by atoms with Gasteiger partial charge >= 0.3 is 0 Å². The van der Waals surface area contributed by atoms with E-state index in [1.807, 2.05) is 0 Å². The van der Waals surface area contributed by atoms with E-state index in [2.05, 4.69) is 217 Å². The Balaban J connectivity index is 1.16. The Morgan fingerprint density at radius 1 is 0.400 bits per heavy atom. The number of fused-ring (bicyclic) bond motifs is 9. The average Bonchev–Trinajstić information content (AvgIpc) is 3.68. The van der Waals surface area contributed by atoms with Gasteiger partial charge in [0.1, 0.15) is 0 Å². The second-order valence-corrected chi connectivity index (χ2v) is 15.4. The number of aromatic nitrogens is 1. The molecule has 0 amide bonds. The first kappa shape index (κ1) is 31.6. The normalized spacial score (nSPS) is 13.1. The summed E-state index contributed by atoms with van der Waals surface area (Å²) in [5.74, 6) is 0. The second-order valence-electron chi connectivity index (χ2n) is 15.4. The highest BCUT2D eigenvalue weighted by atomic mass is 15.1. The first-order valence-corrected chi connectivity index (χ1v) is 19.2. The molecule has 0 unspecified atom stereocenters. The van der Waals surface area contributed by atoms with E-state index in [0.717, 1.165) is 22.7 Å². The van der Waals surface area contributed by atoms with Gasteiger partial charge in [-0.15, -0.1) is 0 Å². The zero-order chi connectivity index (χ0) is 36.7. The quantitative estimate of drug-likeness (QED) is 0.173. The maximum absolute atomic E-state index is 2.46. The molecule has 2 heteroatoms. The van der Waals surface area contributed by atoms with Gasteiger partial charge in [-0.2, -0.15) is 0 Å². The maximum atomic E-state index is 2.46. The monoisotopic (exact) mass is 702 g/mol. The lowest BCUT2D eigenvalue weighted by atomic mass is 9.82. The molecule has 55 heavy (non-hydrogen) atoms. The van der Waals surface area contributed by atoms with Crippen molar-refractivity contribution in [1.82, 2.24) is 4.57 Å². The minimum Gasteiger partial charge on any atom is -0.310 e. The van der Waals surface area contributed by atoms with Crippen molar-refractivity contribution in [2.75, 3.05) is 4.90 Å². The zero-order valence-electron chi connectivity index (χ0n) is 30.9. The van der Waals surface area contributed by atoms with Gasteiger partial charge in [0.15, 0.2) is 0 Å². The standard InChI is InChI=1S/C53H38N2/c1-53(2)48-20-12-11-19-44(48)52-45-34-51-46(32-39(45)24-29-49(52)53)47-33-43(28-30-50(47)55(51)40-17-7-4-8-18-40)54(42-27-23-36-15-9-10-16-38(36)31-42)41-25-21-37(22-26-41)35-13-5-3-6-14-35/h3-34H,1-2H3. The van der Waals surface area contributed by atoms with Gasteiger partial charge < -0.3 is 9.47 Å². The Kier molecular flexibility index (Phi) is 6.93. The number of para-hydroxylation sites is 1. The molecule has 1 heterocycles. The third kappa shape index (κ3) is 4.88. The van der Waals surface area contributed by atoms with Crippen molar-refractivity contribution in [2.45, 2.75) is 19.3 Å². The second kappa shape index (κ2) is 12.1. The van der Waals surface area contributed by atoms with E-state index >= 15 is 0 Å². The third-order valence-electron chi connectivity index (χ3n) is 11.9. The van der Waals surface area contributed by atoms with Crippen LogP contribution in [0.25, 0.3) is 71.3 Å². The Bertz CT molecular complexity index is 3100. The summed E-state index contributed by atoms with van der Waals surface area (Å²) in [7, 11) is 0. The Labute approximate surface area is 321 Å². The SMILES string of the molecule is CC1(C)c2ccccc2-c2c1ccc1cc3c4cc(N(c5ccc(-c6ccccc6)cc5)c5ccc6ccccc6c5)ccc4n(-c4ccccc4)c3cc21. The van der Waals surface area contributed by atoms with Crippen LogP contribution >= 0.6 is 0 Å². The minimum atomic E-state index is -0.0539. The fourth-order valence-electron chi connectivity index (χ4n) is 9.22. The van der Waals surface area contributed by atoms with Gasteiger partial charge in [0.2, 0.25) is 0 Å². The van der Waals surface area contributed by atoms with Crippen LogP contribution in [0.5, 0.6) is 0 Å². The van der Waals surface area contributed by atoms with Crippen LogP contribution in [0, 0.1) is 0 Å². The number of rotatable bonds is 5. The topological polar surface area (TPSA) is 8.17 Å². The highest BCUT2D eigenvalue weighted by Gasteiger charge is 2.36. The summed E-state index contributed by atoms with van der Waals surface area (Å²) < 4.78 is 2.45. The molecule has 1 aromatic heterocycles. The lowest BCUT2D eigenvalue weighted by molar-refractivity contribution is 0.661. The van der Waals surface area contributed by atoms with Crippen molar-refractivity contribution >= 4 is 60.4 Å². The van der Waals surface area contributed by atoms with Crippen molar-refractivity contribution in [3.63, 3.8) is 0 Å². The molecule has 9 aromatic carbocycles. The van der Waals surface area contributed by atoms with Crippen LogP contribution in [-0.4, -0.2) is 4.57 Å². The van der Waals surface area contributed by atoms with Gasteiger partial charge in [-0.25, -0.2) is 0 Å². The lowest BCUT2D eigenvalue weighted by Crippen LogP contribution is -2.14. The molecule has 0 aliphatic heterocycles. The summed E-state index contributed by atoms with van der Waals surface area (Å²) in [5.41, 5.74) is 14.8. The predicted octanol–water partition coefficient (Wildman–Crippen LogP) is 14.5. The molecule has 0 saturated carbocycles. The van der Waals surface area contributed by atoms with Crippen molar-refractivity contribution in [3.8, 4) is 27.9 Å². The van der Waals surface area contributed by atoms with Crippen molar-refractivity contribution in [3.05, 3.63) is 205 Å². The van der Waals surface area contributed by atoms with Gasteiger partial charge in [0.05, 0.1) is 11.0 Å². The predicted molar refractivity (Wildman–Crippen MR) is 233 cm³/mol. The molecule has 2 nitrogen and oxygen atoms in total. The maximum Gasteiger partial charge on any atom is 0.0547 e. The van der Waals surface area contributed by atoms with Crippen molar-refractivity contribution in [1.29, 1.82) is 0 Å². The van der Waals surface area contributed by atoms with E-state index in [1.54, 1.807) is 0 Å². The van der Waals surface area contributed by atoms with E-state index < -0.39 is 0 Å². The van der Waals surface area contributed by atoms with E-state index in [4.69, 9.17) is 0 Å². The van der Waals surface area contributed by atoms with Crippen LogP contribution < -0.4 is 4.90 Å². The summed E-state index contributed by atoms with van der Waals surface area (Å²) in [6.45, 7) is 4.72. The molecule has 1 aliphatic carbocycles. The molecule has 0 saturated heterocycles. The minimum absolute atomic E-state index is 0.0539. The highest BCUT2D eigenvalue weighted by Crippen LogP contribution is 2.52. The summed E-state index contributed by atoms with van der Waals surface area (Å²) >= 11 is 0. The fraction of sp³-hybridized carbons (Fsp3) is 0.0566. The molecule has 260 valence electrons. The molecule has 0 spiro atoms. The molecule has 0 radical (unpaired) electrons. The molecule has 0 atom stereocenters. The molecular formula is C53H38N2. The van der Waals surface area contributed by atoms with Gasteiger partial charge in [-0.1, -0.05) is 141 Å². The Morgan fingerprint density at radius 3 is 1.84 bits per heavy atom. The van der Waals surface area contributed by atoms with E-state index in [9.17, 15) is 0 Å². The first-order valence-electron chi connectivity index (χ1n) is 19.2. The van der Waals surface area contributed by atoms with Gasteiger partial charge in [0.25, 0.3) is 0 Å². The Morgan fingerprint density at radius 2 is 1.02 bits per heavy atom. The van der Waals surface area contributed by atoms with Gasteiger partial charge in [-0.05, 0) is 122 Å². The molecule has 1 aliphatic rings. The first-order chi connectivity index (χ1) is 27.0. The average molecular weight is 703 g/mol.